The van der Waals surface area contributed by atoms with Crippen molar-refractivity contribution in [3.8, 4) is 39.1 Å². The van der Waals surface area contributed by atoms with E-state index in [-0.39, 0.29) is 11.2 Å². The molecule has 0 fully saturated rings. The van der Waals surface area contributed by atoms with Gasteiger partial charge in [-0.1, -0.05) is 123 Å². The molecule has 8 aromatic carbocycles. The maximum atomic E-state index is 14.0. The number of hydrogen-bond donors (Lipinski definition) is 0. The van der Waals surface area contributed by atoms with E-state index in [1.54, 1.807) is 0 Å². The molecule has 2 heterocycles. The summed E-state index contributed by atoms with van der Waals surface area (Å²) >= 11 is 0. The fourth-order valence-electron chi connectivity index (χ4n) is 8.48. The van der Waals surface area contributed by atoms with Gasteiger partial charge in [0.1, 0.15) is 5.82 Å². The molecule has 0 bridgehead atoms. The normalized spacial score (nSPS) is 13.2. The first-order chi connectivity index (χ1) is 26.4. The summed E-state index contributed by atoms with van der Waals surface area (Å²) in [7, 11) is 0. The van der Waals surface area contributed by atoms with Crippen molar-refractivity contribution in [3.05, 3.63) is 205 Å². The Bertz CT molecular complexity index is 2740. The Kier molecular flexibility index (Phi) is 7.38. The van der Waals surface area contributed by atoms with E-state index >= 15 is 0 Å². The topological polar surface area (TPSA) is 8.17 Å². The molecule has 0 saturated heterocycles. The summed E-state index contributed by atoms with van der Waals surface area (Å²) in [4.78, 5) is 2.26. The van der Waals surface area contributed by atoms with Gasteiger partial charge in [0, 0.05) is 27.6 Å². The van der Waals surface area contributed by atoms with E-state index in [0.29, 0.717) is 0 Å². The number of halogens is 1. The average Bonchev–Trinajstić information content (AvgIpc) is 3.55. The minimum atomic E-state index is -0.238. The van der Waals surface area contributed by atoms with Crippen LogP contribution in [0.1, 0.15) is 25.0 Å². The molecule has 258 valence electrons. The number of rotatable bonds is 5. The number of benzene rings is 8. The second kappa shape index (κ2) is 12.5. The maximum absolute atomic E-state index is 14.0. The van der Waals surface area contributed by atoms with E-state index in [9.17, 15) is 4.39 Å². The van der Waals surface area contributed by atoms with Crippen LogP contribution in [0.3, 0.4) is 0 Å². The molecule has 0 amide bonds. The number of hydrogen-bond acceptors (Lipinski definition) is 1. The summed E-state index contributed by atoms with van der Waals surface area (Å²) in [6.45, 7) is 4.60. The fourth-order valence-corrected chi connectivity index (χ4v) is 8.48. The quantitative estimate of drug-likeness (QED) is 0.174. The lowest BCUT2D eigenvalue weighted by molar-refractivity contribution is 0.626. The molecule has 54 heavy (non-hydrogen) atoms. The largest absolute Gasteiger partial charge is 0.310 e. The summed E-state index contributed by atoms with van der Waals surface area (Å²) < 4.78 is 16.4. The molecule has 0 radical (unpaired) electrons. The predicted octanol–water partition coefficient (Wildman–Crippen LogP) is 14.0. The predicted molar refractivity (Wildman–Crippen MR) is 224 cm³/mol. The van der Waals surface area contributed by atoms with Gasteiger partial charge in [0.2, 0.25) is 0 Å². The van der Waals surface area contributed by atoms with Crippen molar-refractivity contribution in [2.45, 2.75) is 19.3 Å². The highest BCUT2D eigenvalue weighted by Gasteiger charge is 2.37. The number of nitrogens with zero attached hydrogens (tertiary/aromatic N) is 2. The molecular weight excluding hydrogens is 660 g/mol. The lowest BCUT2D eigenvalue weighted by atomic mass is 9.73. The summed E-state index contributed by atoms with van der Waals surface area (Å²) in [5.41, 5.74) is 16.0. The van der Waals surface area contributed by atoms with Crippen LogP contribution in [0.5, 0.6) is 0 Å². The molecule has 1 aliphatic rings. The van der Waals surface area contributed by atoms with Crippen LogP contribution < -0.4 is 4.90 Å². The molecule has 9 aromatic rings. The first kappa shape index (κ1) is 32.0. The Morgan fingerprint density at radius 2 is 0.852 bits per heavy atom. The molecule has 2 nitrogen and oxygen atoms in total. The molecular formula is C51H37FN2. The van der Waals surface area contributed by atoms with Crippen LogP contribution in [0.15, 0.2) is 188 Å². The highest BCUT2D eigenvalue weighted by molar-refractivity contribution is 6.11. The van der Waals surface area contributed by atoms with E-state index in [1.807, 2.05) is 12.1 Å². The van der Waals surface area contributed by atoms with Crippen LogP contribution in [0.25, 0.3) is 60.9 Å². The molecule has 0 N–H and O–H groups in total. The van der Waals surface area contributed by atoms with Crippen molar-refractivity contribution in [2.24, 2.45) is 0 Å². The molecule has 0 spiro atoms. The molecule has 0 saturated carbocycles. The lowest BCUT2D eigenvalue weighted by Gasteiger charge is -2.42. The molecule has 10 rings (SSSR count). The molecule has 0 unspecified atom stereocenters. The van der Waals surface area contributed by atoms with Gasteiger partial charge in [-0.3, -0.25) is 0 Å². The highest BCUT2D eigenvalue weighted by Crippen LogP contribution is 2.52. The maximum Gasteiger partial charge on any atom is 0.123 e. The van der Waals surface area contributed by atoms with Crippen molar-refractivity contribution >= 4 is 38.9 Å². The van der Waals surface area contributed by atoms with Gasteiger partial charge in [0.05, 0.1) is 22.4 Å². The van der Waals surface area contributed by atoms with Gasteiger partial charge in [0.15, 0.2) is 0 Å². The van der Waals surface area contributed by atoms with Gasteiger partial charge in [0.25, 0.3) is 0 Å². The van der Waals surface area contributed by atoms with E-state index in [0.717, 1.165) is 33.9 Å². The van der Waals surface area contributed by atoms with Crippen molar-refractivity contribution < 1.29 is 4.39 Å². The van der Waals surface area contributed by atoms with E-state index in [4.69, 9.17) is 0 Å². The van der Waals surface area contributed by atoms with E-state index in [1.165, 1.54) is 67.3 Å². The zero-order valence-corrected chi connectivity index (χ0v) is 30.2. The van der Waals surface area contributed by atoms with Gasteiger partial charge in [-0.15, -0.1) is 0 Å². The van der Waals surface area contributed by atoms with E-state index in [2.05, 4.69) is 187 Å². The van der Waals surface area contributed by atoms with Gasteiger partial charge < -0.3 is 9.47 Å². The third-order valence-corrected chi connectivity index (χ3v) is 11.3. The fraction of sp³-hybridized carbons (Fsp3) is 0.0588. The molecule has 3 heteroatoms. The van der Waals surface area contributed by atoms with Crippen LogP contribution in [-0.2, 0) is 5.41 Å². The van der Waals surface area contributed by atoms with Crippen LogP contribution in [-0.4, -0.2) is 4.57 Å². The number of anilines is 3. The standard InChI is InChI=1S/C51H37FN2/c1-51(2)45-15-9-10-16-49(45)54(42-26-22-40(52)23-27-42)50-30-21-39(33-46(50)51)36-17-24-41(25-18-36)53-47-28-19-37(34-11-5-3-6-12-34)31-43(47)44-32-38(20-29-48(44)53)35-13-7-4-8-14-35/h3-33H,1-2H3. The first-order valence-corrected chi connectivity index (χ1v) is 18.5. The Labute approximate surface area is 315 Å². The third-order valence-electron chi connectivity index (χ3n) is 11.3. The van der Waals surface area contributed by atoms with Gasteiger partial charge >= 0.3 is 0 Å². The Hall–Kier alpha value is -6.71. The first-order valence-electron chi connectivity index (χ1n) is 18.5. The number of para-hydroxylation sites is 1. The van der Waals surface area contributed by atoms with Gasteiger partial charge in [-0.25, -0.2) is 4.39 Å². The van der Waals surface area contributed by atoms with Crippen molar-refractivity contribution in [1.29, 1.82) is 0 Å². The SMILES string of the molecule is CC1(C)c2ccccc2N(c2ccc(F)cc2)c2ccc(-c3ccc(-n4c5ccc(-c6ccccc6)cc5c5cc(-c6ccccc6)ccc54)cc3)cc21. The van der Waals surface area contributed by atoms with Gasteiger partial charge in [-0.05, 0) is 123 Å². The Balaban J connectivity index is 1.08. The lowest BCUT2D eigenvalue weighted by Crippen LogP contribution is -2.30. The zero-order chi connectivity index (χ0) is 36.4. The van der Waals surface area contributed by atoms with Crippen molar-refractivity contribution in [2.75, 3.05) is 4.90 Å². The van der Waals surface area contributed by atoms with Crippen molar-refractivity contribution in [1.82, 2.24) is 4.57 Å². The van der Waals surface area contributed by atoms with Crippen LogP contribution in [0.2, 0.25) is 0 Å². The third kappa shape index (κ3) is 5.15. The molecule has 1 aromatic heterocycles. The summed E-state index contributed by atoms with van der Waals surface area (Å²) in [5, 5.41) is 2.47. The second-order valence-corrected chi connectivity index (χ2v) is 14.8. The van der Waals surface area contributed by atoms with Crippen LogP contribution in [0, 0.1) is 5.82 Å². The van der Waals surface area contributed by atoms with Gasteiger partial charge in [-0.2, -0.15) is 0 Å². The molecule has 1 aliphatic heterocycles. The van der Waals surface area contributed by atoms with Crippen molar-refractivity contribution in [3.63, 3.8) is 0 Å². The highest BCUT2D eigenvalue weighted by atomic mass is 19.1. The summed E-state index contributed by atoms with van der Waals surface area (Å²) in [6, 6.07) is 66.0. The van der Waals surface area contributed by atoms with E-state index < -0.39 is 0 Å². The van der Waals surface area contributed by atoms with Crippen LogP contribution >= 0.6 is 0 Å². The summed E-state index contributed by atoms with van der Waals surface area (Å²) in [5.74, 6) is -0.238. The van der Waals surface area contributed by atoms with Crippen LogP contribution in [0.4, 0.5) is 21.5 Å². The smallest absolute Gasteiger partial charge is 0.123 e. The average molecular weight is 697 g/mol. The Morgan fingerprint density at radius 3 is 1.46 bits per heavy atom. The molecule has 0 aliphatic carbocycles. The second-order valence-electron chi connectivity index (χ2n) is 14.8. The monoisotopic (exact) mass is 696 g/mol. The minimum Gasteiger partial charge on any atom is -0.310 e. The zero-order valence-electron chi connectivity index (χ0n) is 30.2. The Morgan fingerprint density at radius 1 is 0.389 bits per heavy atom. The minimum absolute atomic E-state index is 0.238. The molecule has 0 atom stereocenters. The summed E-state index contributed by atoms with van der Waals surface area (Å²) in [6.07, 6.45) is 0. The number of fused-ring (bicyclic) bond motifs is 5. The number of aromatic nitrogens is 1.